The molecule has 24 heavy (non-hydrogen) atoms. The maximum Gasteiger partial charge on any atom is 0.343 e. The second-order valence-corrected chi connectivity index (χ2v) is 6.34. The lowest BCUT2D eigenvalue weighted by Gasteiger charge is -2.16. The second-order valence-electron chi connectivity index (χ2n) is 6.34. The van der Waals surface area contributed by atoms with Crippen LogP contribution in [0, 0.1) is 5.92 Å². The summed E-state index contributed by atoms with van der Waals surface area (Å²) in [6, 6.07) is 0.273. The first-order chi connectivity index (χ1) is 11.6. The van der Waals surface area contributed by atoms with Crippen molar-refractivity contribution in [2.75, 3.05) is 19.7 Å². The van der Waals surface area contributed by atoms with E-state index in [1.165, 1.54) is 6.20 Å². The zero-order valence-electron chi connectivity index (χ0n) is 13.4. The molecule has 8 nitrogen and oxygen atoms in total. The molecule has 2 aromatic rings. The molecule has 0 radical (unpaired) electrons. The van der Waals surface area contributed by atoms with Gasteiger partial charge >= 0.3 is 5.97 Å². The number of nitrogens with one attached hydrogen (secondary N) is 1. The maximum absolute atomic E-state index is 11.9. The van der Waals surface area contributed by atoms with Gasteiger partial charge in [-0.3, -0.25) is 9.69 Å². The lowest BCUT2D eigenvalue weighted by molar-refractivity contribution is -0.119. The Hall–Kier alpha value is -2.48. The minimum atomic E-state index is -0.407. The molecule has 2 aromatic heterocycles. The Bertz CT molecular complexity index is 786. The van der Waals surface area contributed by atoms with Crippen LogP contribution in [-0.2, 0) is 16.1 Å². The van der Waals surface area contributed by atoms with Gasteiger partial charge in [0.15, 0.2) is 5.65 Å². The maximum atomic E-state index is 11.9. The van der Waals surface area contributed by atoms with Crippen LogP contribution in [0.5, 0.6) is 0 Å². The van der Waals surface area contributed by atoms with E-state index in [0.717, 1.165) is 25.2 Å². The van der Waals surface area contributed by atoms with Gasteiger partial charge < -0.3 is 10.1 Å². The largest absolute Gasteiger partial charge is 0.462 e. The topological polar surface area (TPSA) is 88.8 Å². The van der Waals surface area contributed by atoms with Crippen LogP contribution in [0.4, 0.5) is 0 Å². The standard InChI is InChI=1S/C16H19N5O3/c1-2-24-16(23)12-5-18-21-7-10(4-17-15(12)21)6-20-8-11-3-14(22)19-13(11)9-20/h4-5,7,11,13H,2-3,6,8-9H2,1H3,(H,19,22)/t11-,13+/m0/s1. The number of aromatic nitrogens is 3. The SMILES string of the molecule is CCOC(=O)c1cnn2cc(CN3C[C@@H]4CC(=O)N[C@@H]4C3)cnc12. The van der Waals surface area contributed by atoms with Gasteiger partial charge in [-0.05, 0) is 6.92 Å². The van der Waals surface area contributed by atoms with E-state index in [9.17, 15) is 9.59 Å². The lowest BCUT2D eigenvalue weighted by atomic mass is 10.1. The average Bonchev–Trinajstić information content (AvgIpc) is 3.19. The van der Waals surface area contributed by atoms with Crippen molar-refractivity contribution in [1.82, 2.24) is 24.8 Å². The van der Waals surface area contributed by atoms with Gasteiger partial charge in [-0.2, -0.15) is 5.10 Å². The summed E-state index contributed by atoms with van der Waals surface area (Å²) in [5, 5.41) is 7.23. The van der Waals surface area contributed by atoms with Crippen LogP contribution in [0.25, 0.3) is 5.65 Å². The van der Waals surface area contributed by atoms with Crippen LogP contribution in [0.1, 0.15) is 29.3 Å². The molecular weight excluding hydrogens is 310 g/mol. The van der Waals surface area contributed by atoms with Gasteiger partial charge in [-0.25, -0.2) is 14.3 Å². The van der Waals surface area contributed by atoms with Gasteiger partial charge in [-0.1, -0.05) is 0 Å². The third-order valence-electron chi connectivity index (χ3n) is 4.62. The zero-order valence-corrected chi connectivity index (χ0v) is 13.4. The van der Waals surface area contributed by atoms with Gasteiger partial charge in [0, 0.05) is 56.0 Å². The predicted molar refractivity (Wildman–Crippen MR) is 84.3 cm³/mol. The predicted octanol–water partition coefficient (Wildman–Crippen LogP) is 0.226. The number of nitrogens with zero attached hydrogens (tertiary/aromatic N) is 4. The molecule has 2 aliphatic heterocycles. The Morgan fingerprint density at radius 2 is 2.29 bits per heavy atom. The number of amides is 1. The number of rotatable bonds is 4. The van der Waals surface area contributed by atoms with E-state index in [1.54, 1.807) is 17.6 Å². The van der Waals surface area contributed by atoms with Crippen molar-refractivity contribution in [1.29, 1.82) is 0 Å². The molecule has 4 heterocycles. The fourth-order valence-electron chi connectivity index (χ4n) is 3.57. The van der Waals surface area contributed by atoms with Crippen LogP contribution in [0.3, 0.4) is 0 Å². The third kappa shape index (κ3) is 2.62. The van der Waals surface area contributed by atoms with E-state index in [-0.39, 0.29) is 11.9 Å². The minimum absolute atomic E-state index is 0.163. The summed E-state index contributed by atoms with van der Waals surface area (Å²) in [4.78, 5) is 29.9. The van der Waals surface area contributed by atoms with Crippen molar-refractivity contribution in [3.63, 3.8) is 0 Å². The molecule has 0 aromatic carbocycles. The molecule has 2 saturated heterocycles. The highest BCUT2D eigenvalue weighted by Crippen LogP contribution is 2.26. The number of carbonyl (C=O) groups excluding carboxylic acids is 2. The van der Waals surface area contributed by atoms with Gasteiger partial charge in [-0.15, -0.1) is 0 Å². The summed E-state index contributed by atoms with van der Waals surface area (Å²) in [5.74, 6) is 0.168. The van der Waals surface area contributed by atoms with Crippen molar-refractivity contribution in [2.24, 2.45) is 5.92 Å². The highest BCUT2D eigenvalue weighted by molar-refractivity contribution is 5.95. The number of ether oxygens (including phenoxy) is 1. The van der Waals surface area contributed by atoms with Crippen LogP contribution in [-0.4, -0.2) is 57.1 Å². The number of fused-ring (bicyclic) bond motifs is 2. The first kappa shape index (κ1) is 15.1. The molecule has 0 unspecified atom stereocenters. The van der Waals surface area contributed by atoms with Crippen molar-refractivity contribution < 1.29 is 14.3 Å². The fraction of sp³-hybridized carbons (Fsp3) is 0.500. The Labute approximate surface area is 138 Å². The van der Waals surface area contributed by atoms with E-state index >= 15 is 0 Å². The minimum Gasteiger partial charge on any atom is -0.462 e. The molecule has 4 rings (SSSR count). The molecule has 0 aliphatic carbocycles. The van der Waals surface area contributed by atoms with E-state index in [2.05, 4.69) is 20.3 Å². The fourth-order valence-corrected chi connectivity index (χ4v) is 3.57. The molecular formula is C16H19N5O3. The van der Waals surface area contributed by atoms with Gasteiger partial charge in [0.05, 0.1) is 12.8 Å². The summed E-state index contributed by atoms with van der Waals surface area (Å²) < 4.78 is 6.62. The molecule has 0 spiro atoms. The number of esters is 1. The number of carbonyl (C=O) groups is 2. The van der Waals surface area contributed by atoms with Gasteiger partial charge in [0.25, 0.3) is 0 Å². The quantitative estimate of drug-likeness (QED) is 0.808. The van der Waals surface area contributed by atoms with Crippen molar-refractivity contribution in [3.05, 3.63) is 29.7 Å². The third-order valence-corrected chi connectivity index (χ3v) is 4.62. The molecule has 0 saturated carbocycles. The van der Waals surface area contributed by atoms with Gasteiger partial charge in [0.1, 0.15) is 5.56 Å². The highest BCUT2D eigenvalue weighted by Gasteiger charge is 2.39. The molecule has 2 fully saturated rings. The monoisotopic (exact) mass is 329 g/mol. The van der Waals surface area contributed by atoms with Crippen LogP contribution in [0.15, 0.2) is 18.6 Å². The van der Waals surface area contributed by atoms with Crippen LogP contribution < -0.4 is 5.32 Å². The normalized spacial score (nSPS) is 23.5. The number of likely N-dealkylation sites (tertiary alicyclic amines) is 1. The smallest absolute Gasteiger partial charge is 0.343 e. The summed E-state index contributed by atoms with van der Waals surface area (Å²) in [5.41, 5.74) is 1.90. The van der Waals surface area contributed by atoms with Crippen molar-refractivity contribution in [2.45, 2.75) is 25.9 Å². The summed E-state index contributed by atoms with van der Waals surface area (Å²) >= 11 is 0. The van der Waals surface area contributed by atoms with E-state index in [0.29, 0.717) is 30.2 Å². The Morgan fingerprint density at radius 1 is 1.42 bits per heavy atom. The lowest BCUT2D eigenvalue weighted by Crippen LogP contribution is -2.32. The summed E-state index contributed by atoms with van der Waals surface area (Å²) in [6.45, 7) is 4.61. The molecule has 0 bridgehead atoms. The van der Waals surface area contributed by atoms with Crippen LogP contribution in [0.2, 0.25) is 0 Å². The van der Waals surface area contributed by atoms with E-state index in [1.807, 2.05) is 6.20 Å². The second kappa shape index (κ2) is 5.86. The average molecular weight is 329 g/mol. The highest BCUT2D eigenvalue weighted by atomic mass is 16.5. The molecule has 8 heteroatoms. The first-order valence-corrected chi connectivity index (χ1v) is 8.15. The molecule has 2 atom stereocenters. The Balaban J connectivity index is 1.48. The van der Waals surface area contributed by atoms with Crippen molar-refractivity contribution >= 4 is 17.5 Å². The van der Waals surface area contributed by atoms with Crippen LogP contribution >= 0.6 is 0 Å². The number of hydrogen-bond acceptors (Lipinski definition) is 6. The first-order valence-electron chi connectivity index (χ1n) is 8.15. The Kier molecular flexibility index (Phi) is 3.68. The molecule has 1 amide bonds. The summed E-state index contributed by atoms with van der Waals surface area (Å²) in [6.07, 6.45) is 5.77. The van der Waals surface area contributed by atoms with Crippen molar-refractivity contribution in [3.8, 4) is 0 Å². The molecule has 2 aliphatic rings. The van der Waals surface area contributed by atoms with E-state index in [4.69, 9.17) is 4.74 Å². The van der Waals surface area contributed by atoms with E-state index < -0.39 is 5.97 Å². The molecule has 1 N–H and O–H groups in total. The Morgan fingerprint density at radius 3 is 3.08 bits per heavy atom. The summed E-state index contributed by atoms with van der Waals surface area (Å²) in [7, 11) is 0. The van der Waals surface area contributed by atoms with Gasteiger partial charge in [0.2, 0.25) is 5.91 Å². The number of hydrogen-bond donors (Lipinski definition) is 1. The molecule has 126 valence electrons. The zero-order chi connectivity index (χ0) is 16.7.